The molecule has 0 saturated heterocycles. The van der Waals surface area contributed by atoms with Crippen molar-refractivity contribution in [1.82, 2.24) is 0 Å². The second kappa shape index (κ2) is 5.74. The number of ether oxygens (including phenoxy) is 1. The summed E-state index contributed by atoms with van der Waals surface area (Å²) in [4.78, 5) is 12.0. The van der Waals surface area contributed by atoms with Crippen LogP contribution in [0.2, 0.25) is 0 Å². The molecule has 0 aliphatic heterocycles. The monoisotopic (exact) mass is 287 g/mol. The highest BCUT2D eigenvalue weighted by Gasteiger charge is 2.71. The third-order valence-electron chi connectivity index (χ3n) is 4.63. The second-order valence-electron chi connectivity index (χ2n) is 6.47. The molecule has 21 heavy (non-hydrogen) atoms. The van der Waals surface area contributed by atoms with Gasteiger partial charge in [0.2, 0.25) is 0 Å². The van der Waals surface area contributed by atoms with E-state index in [1.165, 1.54) is 0 Å². The zero-order valence-electron chi connectivity index (χ0n) is 13.2. The minimum Gasteiger partial charge on any atom is -0.465 e. The Morgan fingerprint density at radius 1 is 1.19 bits per heavy atom. The van der Waals surface area contributed by atoms with Crippen molar-refractivity contribution < 1.29 is 9.53 Å². The number of hydrogen-bond acceptors (Lipinski definition) is 5. The van der Waals surface area contributed by atoms with E-state index in [0.29, 0.717) is 0 Å². The van der Waals surface area contributed by atoms with Crippen molar-refractivity contribution in [1.29, 1.82) is 15.8 Å². The number of carbonyl (C=O) groups excluding carboxylic acids is 1. The van der Waals surface area contributed by atoms with Gasteiger partial charge in [-0.05, 0) is 24.2 Å². The third-order valence-corrected chi connectivity index (χ3v) is 4.63. The Morgan fingerprint density at radius 2 is 1.71 bits per heavy atom. The summed E-state index contributed by atoms with van der Waals surface area (Å²) in [5.74, 6) is -2.45. The van der Waals surface area contributed by atoms with Gasteiger partial charge in [0.25, 0.3) is 0 Å². The van der Waals surface area contributed by atoms with Crippen molar-refractivity contribution >= 4 is 5.97 Å². The molecule has 0 aromatic rings. The van der Waals surface area contributed by atoms with Crippen molar-refractivity contribution in [3.63, 3.8) is 0 Å². The number of rotatable bonds is 4. The number of carbonyl (C=O) groups is 1. The number of esters is 1. The number of nitrogens with zero attached hydrogens (tertiary/aromatic N) is 3. The Bertz CT molecular complexity index is 531. The Kier molecular flexibility index (Phi) is 4.65. The van der Waals surface area contributed by atoms with Crippen LogP contribution in [0, 0.1) is 68.5 Å². The SMILES string of the molecule is CCOC(=O)C(C#N)C1C(C)(C)C(C(C)C)C1(C#N)C#N. The van der Waals surface area contributed by atoms with Gasteiger partial charge in [-0.3, -0.25) is 4.79 Å². The molecule has 1 fully saturated rings. The van der Waals surface area contributed by atoms with Crippen LogP contribution in [0.25, 0.3) is 0 Å². The maximum absolute atomic E-state index is 12.0. The van der Waals surface area contributed by atoms with Gasteiger partial charge in [-0.25, -0.2) is 0 Å². The Balaban J connectivity index is 3.34. The highest BCUT2D eigenvalue weighted by molar-refractivity contribution is 5.76. The molecular weight excluding hydrogens is 266 g/mol. The van der Waals surface area contributed by atoms with Crippen LogP contribution in [-0.2, 0) is 9.53 Å². The van der Waals surface area contributed by atoms with Gasteiger partial charge in [0, 0.05) is 5.92 Å². The van der Waals surface area contributed by atoms with Crippen LogP contribution in [0.5, 0.6) is 0 Å². The molecule has 112 valence electrons. The van der Waals surface area contributed by atoms with Gasteiger partial charge in [-0.15, -0.1) is 0 Å². The lowest BCUT2D eigenvalue weighted by molar-refractivity contribution is -0.179. The summed E-state index contributed by atoms with van der Waals surface area (Å²) in [6.07, 6.45) is 0. The van der Waals surface area contributed by atoms with Gasteiger partial charge in [0.1, 0.15) is 5.92 Å². The minimum atomic E-state index is -1.31. The summed E-state index contributed by atoms with van der Waals surface area (Å²) in [6.45, 7) is 9.58. The zero-order chi connectivity index (χ0) is 16.4. The molecule has 0 amide bonds. The fraction of sp³-hybridized carbons (Fsp3) is 0.750. The van der Waals surface area contributed by atoms with Crippen LogP contribution >= 0.6 is 0 Å². The summed E-state index contributed by atoms with van der Waals surface area (Å²) in [5, 5.41) is 28.5. The van der Waals surface area contributed by atoms with E-state index in [9.17, 15) is 20.6 Å². The molecule has 0 aromatic heterocycles. The molecule has 5 heteroatoms. The molecule has 0 N–H and O–H groups in total. The zero-order valence-corrected chi connectivity index (χ0v) is 13.2. The van der Waals surface area contributed by atoms with Crippen molar-refractivity contribution in [3.8, 4) is 18.2 Å². The number of nitriles is 3. The van der Waals surface area contributed by atoms with Gasteiger partial charge >= 0.3 is 5.97 Å². The Labute approximate surface area is 126 Å². The van der Waals surface area contributed by atoms with E-state index in [1.807, 2.05) is 33.8 Å². The van der Waals surface area contributed by atoms with Crippen molar-refractivity contribution in [2.45, 2.75) is 34.6 Å². The second-order valence-corrected chi connectivity index (χ2v) is 6.47. The largest absolute Gasteiger partial charge is 0.465 e. The Hall–Kier alpha value is -2.06. The van der Waals surface area contributed by atoms with E-state index in [1.54, 1.807) is 6.92 Å². The van der Waals surface area contributed by atoms with Gasteiger partial charge in [0.15, 0.2) is 5.41 Å². The summed E-state index contributed by atoms with van der Waals surface area (Å²) < 4.78 is 4.94. The molecule has 3 atom stereocenters. The molecule has 3 unspecified atom stereocenters. The van der Waals surface area contributed by atoms with Crippen LogP contribution in [0.3, 0.4) is 0 Å². The molecule has 0 aromatic carbocycles. The summed E-state index contributed by atoms with van der Waals surface area (Å²) >= 11 is 0. The highest BCUT2D eigenvalue weighted by Crippen LogP contribution is 2.68. The van der Waals surface area contributed by atoms with Gasteiger partial charge in [0.05, 0.1) is 24.8 Å². The van der Waals surface area contributed by atoms with Gasteiger partial charge in [-0.1, -0.05) is 27.7 Å². The molecule has 5 nitrogen and oxygen atoms in total. The highest BCUT2D eigenvalue weighted by atomic mass is 16.5. The lowest BCUT2D eigenvalue weighted by Crippen LogP contribution is -2.66. The van der Waals surface area contributed by atoms with Crippen molar-refractivity contribution in [2.24, 2.45) is 34.5 Å². The summed E-state index contributed by atoms with van der Waals surface area (Å²) in [6, 6.07) is 6.14. The van der Waals surface area contributed by atoms with Crippen molar-refractivity contribution in [3.05, 3.63) is 0 Å². The molecule has 1 aliphatic rings. The van der Waals surface area contributed by atoms with E-state index < -0.39 is 28.6 Å². The average molecular weight is 287 g/mol. The fourth-order valence-corrected chi connectivity index (χ4v) is 4.34. The third kappa shape index (κ3) is 2.26. The predicted molar refractivity (Wildman–Crippen MR) is 75.0 cm³/mol. The van der Waals surface area contributed by atoms with Crippen LogP contribution in [0.4, 0.5) is 0 Å². The van der Waals surface area contributed by atoms with E-state index in [2.05, 4.69) is 12.1 Å². The maximum atomic E-state index is 12.0. The molecule has 1 aliphatic carbocycles. The lowest BCUT2D eigenvalue weighted by Gasteiger charge is -2.62. The number of hydrogen-bond donors (Lipinski definition) is 0. The Morgan fingerprint density at radius 3 is 2.05 bits per heavy atom. The van der Waals surface area contributed by atoms with E-state index >= 15 is 0 Å². The molecule has 0 heterocycles. The lowest BCUT2D eigenvalue weighted by atomic mass is 9.36. The first-order valence-corrected chi connectivity index (χ1v) is 7.13. The van der Waals surface area contributed by atoms with Crippen molar-refractivity contribution in [2.75, 3.05) is 6.61 Å². The average Bonchev–Trinajstić information content (AvgIpc) is 2.41. The van der Waals surface area contributed by atoms with Crippen LogP contribution in [-0.4, -0.2) is 12.6 Å². The molecule has 0 radical (unpaired) electrons. The molecule has 1 rings (SSSR count). The topological polar surface area (TPSA) is 97.7 Å². The van der Waals surface area contributed by atoms with E-state index in [4.69, 9.17) is 4.74 Å². The smallest absolute Gasteiger partial charge is 0.323 e. The maximum Gasteiger partial charge on any atom is 0.323 e. The first-order valence-electron chi connectivity index (χ1n) is 7.13. The first kappa shape index (κ1) is 17.0. The standard InChI is InChI=1S/C16H21N3O2/c1-6-21-14(20)11(7-17)13-15(4,5)12(10(2)3)16(13,8-18)9-19/h10-13H,6H2,1-5H3. The first-order chi connectivity index (χ1) is 9.74. The van der Waals surface area contributed by atoms with Gasteiger partial charge in [-0.2, -0.15) is 15.8 Å². The van der Waals surface area contributed by atoms with Gasteiger partial charge < -0.3 is 4.74 Å². The summed E-state index contributed by atoms with van der Waals surface area (Å²) in [7, 11) is 0. The quantitative estimate of drug-likeness (QED) is 0.740. The summed E-state index contributed by atoms with van der Waals surface area (Å²) in [5.41, 5.74) is -1.77. The van der Waals surface area contributed by atoms with E-state index in [-0.39, 0.29) is 18.4 Å². The molecule has 1 saturated carbocycles. The van der Waals surface area contributed by atoms with Crippen LogP contribution in [0.1, 0.15) is 34.6 Å². The predicted octanol–water partition coefficient (Wildman–Crippen LogP) is 2.65. The molecular formula is C16H21N3O2. The normalized spacial score (nSPS) is 26.6. The van der Waals surface area contributed by atoms with Crippen LogP contribution < -0.4 is 0 Å². The van der Waals surface area contributed by atoms with Crippen LogP contribution in [0.15, 0.2) is 0 Å². The fourth-order valence-electron chi connectivity index (χ4n) is 4.34. The van der Waals surface area contributed by atoms with E-state index in [0.717, 1.165) is 0 Å². The molecule has 0 spiro atoms. The minimum absolute atomic E-state index is 0.108. The molecule has 0 bridgehead atoms.